The lowest BCUT2D eigenvalue weighted by atomic mass is 10.1. The summed E-state index contributed by atoms with van der Waals surface area (Å²) in [4.78, 5) is 33.3. The maximum absolute atomic E-state index is 12.4. The van der Waals surface area contributed by atoms with Crippen LogP contribution < -0.4 is 0 Å². The number of benzene rings is 1. The Morgan fingerprint density at radius 3 is 2.48 bits per heavy atom. The van der Waals surface area contributed by atoms with Gasteiger partial charge in [0.2, 0.25) is 0 Å². The van der Waals surface area contributed by atoms with Crippen LogP contribution in [0.25, 0.3) is 11.4 Å². The van der Waals surface area contributed by atoms with Crippen LogP contribution in [0.1, 0.15) is 23.0 Å². The molecule has 0 aliphatic carbocycles. The van der Waals surface area contributed by atoms with E-state index < -0.39 is 11.9 Å². The second kappa shape index (κ2) is 7.00. The van der Waals surface area contributed by atoms with Gasteiger partial charge in [-0.05, 0) is 6.92 Å². The zero-order chi connectivity index (χ0) is 17.0. The topological polar surface area (TPSA) is 83.4 Å². The minimum atomic E-state index is -0.933. The van der Waals surface area contributed by atoms with E-state index in [1.54, 1.807) is 20.9 Å². The molecule has 1 aromatic heterocycles. The largest absolute Gasteiger partial charge is 0.481 e. The van der Waals surface area contributed by atoms with E-state index >= 15 is 0 Å². The molecule has 1 N–H and O–H groups in total. The number of aliphatic carboxylic acids is 1. The molecule has 0 radical (unpaired) electrons. The molecule has 6 nitrogen and oxygen atoms in total. The fraction of sp³-hybridized carbons (Fsp3) is 0.294. The van der Waals surface area contributed by atoms with Gasteiger partial charge in [-0.3, -0.25) is 9.59 Å². The van der Waals surface area contributed by atoms with Gasteiger partial charge >= 0.3 is 5.97 Å². The van der Waals surface area contributed by atoms with E-state index in [0.717, 1.165) is 5.56 Å². The van der Waals surface area contributed by atoms with Gasteiger partial charge in [-0.2, -0.15) is 0 Å². The Labute approximate surface area is 134 Å². The number of carboxylic acid groups (broad SMARTS) is 1. The second-order valence-electron chi connectivity index (χ2n) is 5.48. The highest BCUT2D eigenvalue weighted by atomic mass is 16.4. The summed E-state index contributed by atoms with van der Waals surface area (Å²) in [6, 6.07) is 9.50. The molecule has 1 unspecified atom stereocenters. The van der Waals surface area contributed by atoms with Crippen molar-refractivity contribution in [3.8, 4) is 11.4 Å². The Kier molecular flexibility index (Phi) is 5.05. The molecule has 6 heteroatoms. The summed E-state index contributed by atoms with van der Waals surface area (Å²) in [5.74, 6) is -1.29. The number of hydrogen-bond acceptors (Lipinski definition) is 4. The number of aromatic nitrogens is 2. The van der Waals surface area contributed by atoms with Crippen LogP contribution >= 0.6 is 0 Å². The highest BCUT2D eigenvalue weighted by molar-refractivity contribution is 5.95. The lowest BCUT2D eigenvalue weighted by Gasteiger charge is -2.20. The lowest BCUT2D eigenvalue weighted by Crippen LogP contribution is -2.34. The molecule has 1 amide bonds. The lowest BCUT2D eigenvalue weighted by molar-refractivity contribution is -0.141. The standard InChI is InChI=1S/C17H19N3O3/c1-11(17(22)23)10-20(3)16(21)14-9-18-15(19-12(14)2)13-7-5-4-6-8-13/h4-9,11H,10H2,1-3H3,(H,22,23). The highest BCUT2D eigenvalue weighted by Crippen LogP contribution is 2.16. The molecule has 23 heavy (non-hydrogen) atoms. The number of aryl methyl sites for hydroxylation is 1. The normalized spacial score (nSPS) is 11.8. The average molecular weight is 313 g/mol. The van der Waals surface area contributed by atoms with Gasteiger partial charge in [-0.1, -0.05) is 37.3 Å². The van der Waals surface area contributed by atoms with Crippen molar-refractivity contribution in [3.63, 3.8) is 0 Å². The third kappa shape index (κ3) is 3.91. The maximum atomic E-state index is 12.4. The number of amides is 1. The van der Waals surface area contributed by atoms with Gasteiger partial charge < -0.3 is 10.0 Å². The molecular formula is C17H19N3O3. The molecule has 120 valence electrons. The Bertz CT molecular complexity index is 716. The van der Waals surface area contributed by atoms with E-state index in [4.69, 9.17) is 5.11 Å². The Hall–Kier alpha value is -2.76. The van der Waals surface area contributed by atoms with Crippen molar-refractivity contribution in [2.24, 2.45) is 5.92 Å². The number of carbonyl (C=O) groups is 2. The summed E-state index contributed by atoms with van der Waals surface area (Å²) in [5.41, 5.74) is 1.82. The van der Waals surface area contributed by atoms with Crippen LogP contribution in [0.5, 0.6) is 0 Å². The molecule has 2 aromatic rings. The summed E-state index contributed by atoms with van der Waals surface area (Å²) < 4.78 is 0. The van der Waals surface area contributed by atoms with E-state index in [2.05, 4.69) is 9.97 Å². The van der Waals surface area contributed by atoms with Gasteiger partial charge in [0.15, 0.2) is 5.82 Å². The summed E-state index contributed by atoms with van der Waals surface area (Å²) in [7, 11) is 1.58. The quantitative estimate of drug-likeness (QED) is 0.915. The molecule has 0 fully saturated rings. The van der Waals surface area contributed by atoms with Gasteiger partial charge in [0.25, 0.3) is 5.91 Å². The molecule has 2 rings (SSSR count). The predicted molar refractivity (Wildman–Crippen MR) is 86.0 cm³/mol. The molecule has 0 aliphatic heterocycles. The fourth-order valence-electron chi connectivity index (χ4n) is 2.18. The van der Waals surface area contributed by atoms with E-state index in [9.17, 15) is 9.59 Å². The monoisotopic (exact) mass is 313 g/mol. The predicted octanol–water partition coefficient (Wildman–Crippen LogP) is 2.24. The molecule has 1 aromatic carbocycles. The molecule has 1 heterocycles. The molecule has 0 spiro atoms. The Balaban J connectivity index is 2.20. The minimum absolute atomic E-state index is 0.133. The average Bonchev–Trinajstić information content (AvgIpc) is 2.54. The van der Waals surface area contributed by atoms with Crippen molar-refractivity contribution >= 4 is 11.9 Å². The summed E-state index contributed by atoms with van der Waals surface area (Å²) in [6.45, 7) is 3.44. The van der Waals surface area contributed by atoms with Crippen LogP contribution in [0.15, 0.2) is 36.5 Å². The number of hydrogen-bond donors (Lipinski definition) is 1. The number of nitrogens with zero attached hydrogens (tertiary/aromatic N) is 3. The molecule has 0 saturated heterocycles. The Morgan fingerprint density at radius 1 is 1.26 bits per heavy atom. The van der Waals surface area contributed by atoms with Crippen molar-refractivity contribution in [1.82, 2.24) is 14.9 Å². The number of carboxylic acids is 1. The zero-order valence-corrected chi connectivity index (χ0v) is 13.4. The van der Waals surface area contributed by atoms with E-state index in [1.807, 2.05) is 30.3 Å². The third-order valence-electron chi connectivity index (χ3n) is 3.56. The zero-order valence-electron chi connectivity index (χ0n) is 13.4. The van der Waals surface area contributed by atoms with E-state index in [-0.39, 0.29) is 12.5 Å². The molecule has 0 bridgehead atoms. The van der Waals surface area contributed by atoms with E-state index in [1.165, 1.54) is 11.1 Å². The fourth-order valence-corrected chi connectivity index (χ4v) is 2.18. The van der Waals surface area contributed by atoms with E-state index in [0.29, 0.717) is 17.1 Å². The Morgan fingerprint density at radius 2 is 1.91 bits per heavy atom. The van der Waals surface area contributed by atoms with Crippen LogP contribution in [0.3, 0.4) is 0 Å². The minimum Gasteiger partial charge on any atom is -0.481 e. The van der Waals surface area contributed by atoms with Crippen LogP contribution in [0.4, 0.5) is 0 Å². The first-order chi connectivity index (χ1) is 10.9. The third-order valence-corrected chi connectivity index (χ3v) is 3.56. The second-order valence-corrected chi connectivity index (χ2v) is 5.48. The number of rotatable bonds is 5. The summed E-state index contributed by atoms with van der Waals surface area (Å²) in [5, 5.41) is 8.94. The first kappa shape index (κ1) is 16.6. The van der Waals surface area contributed by atoms with Gasteiger partial charge in [-0.15, -0.1) is 0 Å². The molecule has 1 atom stereocenters. The first-order valence-electron chi connectivity index (χ1n) is 7.27. The molecular weight excluding hydrogens is 294 g/mol. The highest BCUT2D eigenvalue weighted by Gasteiger charge is 2.20. The van der Waals surface area contributed by atoms with Crippen LogP contribution in [0.2, 0.25) is 0 Å². The van der Waals surface area contributed by atoms with Gasteiger partial charge in [0.1, 0.15) is 0 Å². The van der Waals surface area contributed by atoms with Crippen molar-refractivity contribution in [2.75, 3.05) is 13.6 Å². The number of carbonyl (C=O) groups excluding carboxylic acids is 1. The van der Waals surface area contributed by atoms with Gasteiger partial charge in [-0.25, -0.2) is 9.97 Å². The van der Waals surface area contributed by atoms with Gasteiger partial charge in [0, 0.05) is 25.4 Å². The van der Waals surface area contributed by atoms with Crippen LogP contribution in [0, 0.1) is 12.8 Å². The maximum Gasteiger partial charge on any atom is 0.308 e. The van der Waals surface area contributed by atoms with Gasteiger partial charge in [0.05, 0.1) is 17.2 Å². The summed E-state index contributed by atoms with van der Waals surface area (Å²) >= 11 is 0. The van der Waals surface area contributed by atoms with Crippen molar-refractivity contribution in [3.05, 3.63) is 47.8 Å². The SMILES string of the molecule is Cc1nc(-c2ccccc2)ncc1C(=O)N(C)CC(C)C(=O)O. The molecule has 0 saturated carbocycles. The van der Waals surface area contributed by atoms with Crippen molar-refractivity contribution in [2.45, 2.75) is 13.8 Å². The van der Waals surface area contributed by atoms with Crippen LogP contribution in [-0.4, -0.2) is 45.4 Å². The van der Waals surface area contributed by atoms with Crippen LogP contribution in [-0.2, 0) is 4.79 Å². The summed E-state index contributed by atoms with van der Waals surface area (Å²) in [6.07, 6.45) is 1.49. The van der Waals surface area contributed by atoms with Crippen molar-refractivity contribution in [1.29, 1.82) is 0 Å². The van der Waals surface area contributed by atoms with Crippen molar-refractivity contribution < 1.29 is 14.7 Å². The molecule has 0 aliphatic rings. The first-order valence-corrected chi connectivity index (χ1v) is 7.27. The smallest absolute Gasteiger partial charge is 0.308 e.